The first-order chi connectivity index (χ1) is 31.2. The largest absolute Gasteiger partial charge is 0.456 e. The smallest absolute Gasteiger partial charge is 0.137 e. The van der Waals surface area contributed by atoms with E-state index in [1.165, 1.54) is 42.4 Å². The number of nitrogens with zero attached hydrogens (tertiary/aromatic N) is 1. The van der Waals surface area contributed by atoms with E-state index in [2.05, 4.69) is 241 Å². The van der Waals surface area contributed by atoms with Crippen molar-refractivity contribution in [2.45, 2.75) is 0 Å². The summed E-state index contributed by atoms with van der Waals surface area (Å²) in [5, 5.41) is 4.60. The second-order valence-electron chi connectivity index (χ2n) is 16.0. The molecule has 0 spiro atoms. The van der Waals surface area contributed by atoms with Gasteiger partial charge in [0.15, 0.2) is 0 Å². The average molecular weight is 822 g/mol. The van der Waals surface area contributed by atoms with E-state index >= 15 is 0 Å². The molecule has 0 N–H and O–H groups in total. The molecule has 0 fully saturated rings. The summed E-state index contributed by atoms with van der Waals surface area (Å²) >= 11 is 1.88. The van der Waals surface area contributed by atoms with Crippen LogP contribution in [-0.2, 0) is 0 Å². The Labute approximate surface area is 370 Å². The highest BCUT2D eigenvalue weighted by Gasteiger charge is 2.25. The van der Waals surface area contributed by atoms with Crippen LogP contribution in [0.3, 0.4) is 0 Å². The van der Waals surface area contributed by atoms with Gasteiger partial charge in [-0.25, -0.2) is 0 Å². The van der Waals surface area contributed by atoms with Crippen LogP contribution in [0.5, 0.6) is 0 Å². The second kappa shape index (κ2) is 15.5. The molecule has 2 nitrogen and oxygen atoms in total. The molecule has 63 heavy (non-hydrogen) atoms. The van der Waals surface area contributed by atoms with Gasteiger partial charge in [0, 0.05) is 31.2 Å². The summed E-state index contributed by atoms with van der Waals surface area (Å²) in [6, 6.07) is 85.4. The Hall–Kier alpha value is -7.98. The molecule has 0 aliphatic rings. The molecule has 0 atom stereocenters. The first kappa shape index (κ1) is 36.8. The van der Waals surface area contributed by atoms with Crippen molar-refractivity contribution in [1.82, 2.24) is 0 Å². The summed E-state index contributed by atoms with van der Waals surface area (Å²) in [7, 11) is 0. The lowest BCUT2D eigenvalue weighted by atomic mass is 9.95. The summed E-state index contributed by atoms with van der Waals surface area (Å²) in [4.78, 5) is 2.50. The second-order valence-corrected chi connectivity index (χ2v) is 17.1. The zero-order chi connectivity index (χ0) is 41.7. The van der Waals surface area contributed by atoms with E-state index in [4.69, 9.17) is 4.42 Å². The van der Waals surface area contributed by atoms with Crippen molar-refractivity contribution in [2.75, 3.05) is 4.90 Å². The molecule has 3 heteroatoms. The fraction of sp³-hybridized carbons (Fsp3) is 0. The lowest BCUT2D eigenvalue weighted by Crippen LogP contribution is -2.11. The van der Waals surface area contributed by atoms with Gasteiger partial charge in [-0.2, -0.15) is 0 Å². The van der Waals surface area contributed by atoms with Crippen molar-refractivity contribution in [2.24, 2.45) is 0 Å². The molecule has 0 saturated carbocycles. The highest BCUT2D eigenvalue weighted by molar-refractivity contribution is 7.26. The summed E-state index contributed by atoms with van der Waals surface area (Å²) in [6.07, 6.45) is 0. The molecule has 0 saturated heterocycles. The van der Waals surface area contributed by atoms with Crippen LogP contribution < -0.4 is 4.90 Å². The van der Waals surface area contributed by atoms with Gasteiger partial charge in [-0.3, -0.25) is 0 Å². The molecule has 0 amide bonds. The Balaban J connectivity index is 1.18. The topological polar surface area (TPSA) is 16.4 Å². The molecule has 0 bridgehead atoms. The van der Waals surface area contributed by atoms with Gasteiger partial charge in [0.2, 0.25) is 0 Å². The third kappa shape index (κ3) is 6.58. The molecule has 0 aliphatic carbocycles. The lowest BCUT2D eigenvalue weighted by Gasteiger charge is -2.29. The van der Waals surface area contributed by atoms with E-state index in [9.17, 15) is 0 Å². The van der Waals surface area contributed by atoms with Crippen LogP contribution in [0.15, 0.2) is 241 Å². The average Bonchev–Trinajstić information content (AvgIpc) is 3.94. The van der Waals surface area contributed by atoms with Gasteiger partial charge >= 0.3 is 0 Å². The van der Waals surface area contributed by atoms with E-state index < -0.39 is 0 Å². The van der Waals surface area contributed by atoms with Crippen molar-refractivity contribution in [3.8, 4) is 55.6 Å². The number of hydrogen-bond acceptors (Lipinski definition) is 3. The fourth-order valence-corrected chi connectivity index (χ4v) is 10.5. The summed E-state index contributed by atoms with van der Waals surface area (Å²) in [5.74, 6) is 0. The molecular formula is C60H39NOS. The third-order valence-corrected chi connectivity index (χ3v) is 13.4. The summed E-state index contributed by atoms with van der Waals surface area (Å²) in [6.45, 7) is 0. The van der Waals surface area contributed by atoms with Gasteiger partial charge in [0.1, 0.15) is 11.2 Å². The molecule has 2 aromatic heterocycles. The van der Waals surface area contributed by atoms with Crippen LogP contribution in [0.4, 0.5) is 17.1 Å². The highest BCUT2D eigenvalue weighted by Crippen LogP contribution is 2.52. The van der Waals surface area contributed by atoms with Gasteiger partial charge in [-0.15, -0.1) is 11.3 Å². The quantitative estimate of drug-likeness (QED) is 0.152. The number of anilines is 3. The number of rotatable bonds is 8. The van der Waals surface area contributed by atoms with Crippen molar-refractivity contribution < 1.29 is 4.42 Å². The van der Waals surface area contributed by atoms with E-state index in [0.29, 0.717) is 0 Å². The van der Waals surface area contributed by atoms with Crippen molar-refractivity contribution in [3.63, 3.8) is 0 Å². The Morgan fingerprint density at radius 3 is 1.41 bits per heavy atom. The van der Waals surface area contributed by atoms with Crippen molar-refractivity contribution >= 4 is 70.5 Å². The summed E-state index contributed by atoms with van der Waals surface area (Å²) < 4.78 is 9.32. The molecule has 12 rings (SSSR count). The van der Waals surface area contributed by atoms with Crippen molar-refractivity contribution in [1.29, 1.82) is 0 Å². The zero-order valence-corrected chi connectivity index (χ0v) is 35.1. The highest BCUT2D eigenvalue weighted by atomic mass is 32.1. The number of benzene rings is 10. The SMILES string of the molecule is c1ccc(-c2cc(-c3ccccc3)cc(N(c3cccc4oc5cc(-c6ccccc6)ccc5c34)c3ccc(-c4ccccc4)c4sc5cc(-c6ccccc6)ccc5c34)c2)cc1. The Kier molecular flexibility index (Phi) is 9.06. The number of hydrogen-bond donors (Lipinski definition) is 0. The first-order valence-electron chi connectivity index (χ1n) is 21.4. The monoisotopic (exact) mass is 821 g/mol. The van der Waals surface area contributed by atoms with Crippen LogP contribution in [0.25, 0.3) is 97.7 Å². The minimum atomic E-state index is 0.847. The maximum atomic E-state index is 6.81. The molecule has 0 radical (unpaired) electrons. The molecule has 0 aliphatic heterocycles. The Morgan fingerprint density at radius 2 is 0.825 bits per heavy atom. The molecule has 0 unspecified atom stereocenters. The molecule has 296 valence electrons. The van der Waals surface area contributed by atoms with Crippen molar-refractivity contribution in [3.05, 3.63) is 237 Å². The van der Waals surface area contributed by atoms with Gasteiger partial charge in [0.05, 0.1) is 16.8 Å². The normalized spacial score (nSPS) is 11.5. The Bertz CT molecular complexity index is 3540. The van der Waals surface area contributed by atoms with Crippen LogP contribution in [0, 0.1) is 0 Å². The lowest BCUT2D eigenvalue weighted by molar-refractivity contribution is 0.669. The predicted octanol–water partition coefficient (Wildman–Crippen LogP) is 17.8. The standard InChI is InChI=1S/C60H39NOS/c1-6-17-40(18-7-1)45-29-31-51-56(38-45)62-55-28-16-27-53(58(51)55)61(49-36-47(42-21-10-3-11-22-42)35-48(37-49)43-23-12-4-13-24-43)54-34-33-50(44-25-14-5-15-26-44)60-59(54)52-32-30-46(39-57(52)63-60)41-19-8-2-9-20-41/h1-39H. The third-order valence-electron chi connectivity index (χ3n) is 12.2. The number of furan rings is 1. The van der Waals surface area contributed by atoms with Gasteiger partial charge in [0.25, 0.3) is 0 Å². The molecule has 2 heterocycles. The summed E-state index contributed by atoms with van der Waals surface area (Å²) in [5.41, 5.74) is 16.7. The van der Waals surface area contributed by atoms with Crippen LogP contribution in [0.2, 0.25) is 0 Å². The number of fused-ring (bicyclic) bond motifs is 6. The van der Waals surface area contributed by atoms with Gasteiger partial charge in [-0.1, -0.05) is 182 Å². The molecule has 10 aromatic carbocycles. The van der Waals surface area contributed by atoms with Crippen LogP contribution >= 0.6 is 11.3 Å². The van der Waals surface area contributed by atoms with E-state index in [1.54, 1.807) is 0 Å². The molecule has 12 aromatic rings. The van der Waals surface area contributed by atoms with Gasteiger partial charge < -0.3 is 9.32 Å². The zero-order valence-electron chi connectivity index (χ0n) is 34.3. The maximum Gasteiger partial charge on any atom is 0.137 e. The minimum Gasteiger partial charge on any atom is -0.456 e. The fourth-order valence-electron chi connectivity index (χ4n) is 9.25. The predicted molar refractivity (Wildman–Crippen MR) is 268 cm³/mol. The maximum absolute atomic E-state index is 6.81. The van der Waals surface area contributed by atoms with Crippen LogP contribution in [0.1, 0.15) is 0 Å². The van der Waals surface area contributed by atoms with E-state index in [0.717, 1.165) is 72.4 Å². The van der Waals surface area contributed by atoms with E-state index in [-0.39, 0.29) is 0 Å². The number of thiophene rings is 1. The first-order valence-corrected chi connectivity index (χ1v) is 22.2. The molecular weight excluding hydrogens is 783 g/mol. The van der Waals surface area contributed by atoms with Gasteiger partial charge in [-0.05, 0) is 110 Å². The minimum absolute atomic E-state index is 0.847. The van der Waals surface area contributed by atoms with E-state index in [1.807, 2.05) is 11.3 Å². The van der Waals surface area contributed by atoms with Crippen LogP contribution in [-0.4, -0.2) is 0 Å². The Morgan fingerprint density at radius 1 is 0.317 bits per heavy atom.